The third kappa shape index (κ3) is 1.19. The molecule has 0 N–H and O–H groups in total. The predicted octanol–water partition coefficient (Wildman–Crippen LogP) is 3.31. The third-order valence-corrected chi connectivity index (χ3v) is 3.94. The fourth-order valence-corrected chi connectivity index (χ4v) is 3.10. The van der Waals surface area contributed by atoms with E-state index in [2.05, 4.69) is 26.0 Å². The lowest BCUT2D eigenvalue weighted by Gasteiger charge is -2.35. The van der Waals surface area contributed by atoms with Crippen LogP contribution < -0.4 is 0 Å². The molecule has 13 heavy (non-hydrogen) atoms. The molecule has 1 saturated carbocycles. The molecule has 0 radical (unpaired) electrons. The number of hydrogen-bond donors (Lipinski definition) is 0. The highest BCUT2D eigenvalue weighted by molar-refractivity contribution is 7.12. The smallest absolute Gasteiger partial charge is 0.0833 e. The van der Waals surface area contributed by atoms with Gasteiger partial charge in [0.05, 0.1) is 11.5 Å². The Hall–Kier alpha value is -0.810. The van der Waals surface area contributed by atoms with Crippen LogP contribution in [-0.4, -0.2) is 0 Å². The average molecular weight is 191 g/mol. The van der Waals surface area contributed by atoms with Crippen molar-refractivity contribution in [3.8, 4) is 6.07 Å². The van der Waals surface area contributed by atoms with E-state index in [1.165, 1.54) is 21.7 Å². The molecule has 68 valence electrons. The van der Waals surface area contributed by atoms with Crippen molar-refractivity contribution in [2.24, 2.45) is 0 Å². The van der Waals surface area contributed by atoms with Crippen LogP contribution in [-0.2, 0) is 5.41 Å². The highest BCUT2D eigenvalue weighted by Crippen LogP contribution is 2.46. The van der Waals surface area contributed by atoms with Gasteiger partial charge in [-0.15, -0.1) is 11.3 Å². The Morgan fingerprint density at radius 3 is 2.46 bits per heavy atom. The molecule has 1 aromatic heterocycles. The van der Waals surface area contributed by atoms with Crippen LogP contribution in [0.2, 0.25) is 0 Å². The molecule has 1 aromatic rings. The van der Waals surface area contributed by atoms with E-state index in [4.69, 9.17) is 0 Å². The standard InChI is InChI=1S/C11H13NS/c1-8-6-10(9(2)13-8)11(7-12)4-3-5-11/h6H,3-5H2,1-2H3. The number of hydrogen-bond acceptors (Lipinski definition) is 2. The molecule has 1 nitrogen and oxygen atoms in total. The lowest BCUT2D eigenvalue weighted by atomic mass is 9.65. The fraction of sp³-hybridized carbons (Fsp3) is 0.545. The van der Waals surface area contributed by atoms with Crippen molar-refractivity contribution in [1.29, 1.82) is 5.26 Å². The van der Waals surface area contributed by atoms with Crippen LogP contribution in [0.15, 0.2) is 6.07 Å². The van der Waals surface area contributed by atoms with E-state index in [1.54, 1.807) is 0 Å². The minimum Gasteiger partial charge on any atom is -0.197 e. The van der Waals surface area contributed by atoms with E-state index in [9.17, 15) is 5.26 Å². The maximum Gasteiger partial charge on any atom is 0.0833 e. The van der Waals surface area contributed by atoms with Crippen LogP contribution in [0.1, 0.15) is 34.6 Å². The normalized spacial score (nSPS) is 19.2. The van der Waals surface area contributed by atoms with Gasteiger partial charge in [-0.25, -0.2) is 0 Å². The average Bonchev–Trinajstić information content (AvgIpc) is 2.30. The second-order valence-corrected chi connectivity index (χ2v) is 5.33. The molecule has 0 aliphatic heterocycles. The molecule has 0 atom stereocenters. The number of nitriles is 1. The topological polar surface area (TPSA) is 23.8 Å². The van der Waals surface area contributed by atoms with Gasteiger partial charge in [0.2, 0.25) is 0 Å². The monoisotopic (exact) mass is 191 g/mol. The Balaban J connectivity index is 2.45. The van der Waals surface area contributed by atoms with Crippen molar-refractivity contribution in [3.63, 3.8) is 0 Å². The first-order valence-electron chi connectivity index (χ1n) is 4.67. The molecular formula is C11H13NS. The van der Waals surface area contributed by atoms with Crippen molar-refractivity contribution in [2.75, 3.05) is 0 Å². The van der Waals surface area contributed by atoms with E-state index in [0.29, 0.717) is 0 Å². The number of nitrogens with zero attached hydrogens (tertiary/aromatic N) is 1. The molecular weight excluding hydrogens is 178 g/mol. The Morgan fingerprint density at radius 1 is 1.46 bits per heavy atom. The van der Waals surface area contributed by atoms with Gasteiger partial charge >= 0.3 is 0 Å². The molecule has 1 heterocycles. The van der Waals surface area contributed by atoms with Crippen molar-refractivity contribution < 1.29 is 0 Å². The van der Waals surface area contributed by atoms with Crippen LogP contribution in [0, 0.1) is 25.2 Å². The molecule has 0 aromatic carbocycles. The summed E-state index contributed by atoms with van der Waals surface area (Å²) in [5.41, 5.74) is 1.18. The predicted molar refractivity (Wildman–Crippen MR) is 54.9 cm³/mol. The van der Waals surface area contributed by atoms with Gasteiger partial charge in [-0.3, -0.25) is 0 Å². The summed E-state index contributed by atoms with van der Waals surface area (Å²) in [6, 6.07) is 4.69. The Bertz CT molecular complexity index is 366. The van der Waals surface area contributed by atoms with Gasteiger partial charge in [-0.2, -0.15) is 5.26 Å². The van der Waals surface area contributed by atoms with E-state index in [1.807, 2.05) is 11.3 Å². The highest BCUT2D eigenvalue weighted by atomic mass is 32.1. The van der Waals surface area contributed by atoms with Gasteiger partial charge in [-0.1, -0.05) is 0 Å². The van der Waals surface area contributed by atoms with Crippen LogP contribution in [0.4, 0.5) is 0 Å². The second kappa shape index (κ2) is 2.85. The van der Waals surface area contributed by atoms with Crippen LogP contribution in [0.25, 0.3) is 0 Å². The highest BCUT2D eigenvalue weighted by Gasteiger charge is 2.40. The first-order chi connectivity index (χ1) is 6.18. The molecule has 2 rings (SSSR count). The quantitative estimate of drug-likeness (QED) is 0.668. The van der Waals surface area contributed by atoms with Gasteiger partial charge < -0.3 is 0 Å². The van der Waals surface area contributed by atoms with Crippen LogP contribution in [0.3, 0.4) is 0 Å². The van der Waals surface area contributed by atoms with E-state index < -0.39 is 0 Å². The summed E-state index contributed by atoms with van der Waals surface area (Å²) in [4.78, 5) is 2.66. The Labute approximate surface area is 83.0 Å². The molecule has 0 unspecified atom stereocenters. The summed E-state index contributed by atoms with van der Waals surface area (Å²) in [5.74, 6) is 0. The van der Waals surface area contributed by atoms with Gasteiger partial charge in [0, 0.05) is 9.75 Å². The SMILES string of the molecule is Cc1cc(C2(C#N)CCC2)c(C)s1. The first kappa shape index (κ1) is 8.77. The molecule has 0 saturated heterocycles. The summed E-state index contributed by atoms with van der Waals surface area (Å²) in [6.45, 7) is 4.25. The zero-order valence-electron chi connectivity index (χ0n) is 8.05. The molecule has 1 aliphatic carbocycles. The number of rotatable bonds is 1. The van der Waals surface area contributed by atoms with Gasteiger partial charge in [0.1, 0.15) is 0 Å². The summed E-state index contributed by atoms with van der Waals surface area (Å²) in [7, 11) is 0. The Kier molecular flexibility index (Phi) is 1.92. The maximum atomic E-state index is 9.18. The van der Waals surface area contributed by atoms with E-state index in [-0.39, 0.29) is 5.41 Å². The molecule has 0 amide bonds. The van der Waals surface area contributed by atoms with Gasteiger partial charge in [0.25, 0.3) is 0 Å². The minimum absolute atomic E-state index is 0.116. The van der Waals surface area contributed by atoms with Crippen molar-refractivity contribution in [1.82, 2.24) is 0 Å². The number of aryl methyl sites for hydroxylation is 2. The molecule has 0 bridgehead atoms. The summed E-state index contributed by atoms with van der Waals surface area (Å²) in [5, 5.41) is 9.18. The van der Waals surface area contributed by atoms with Crippen molar-refractivity contribution in [2.45, 2.75) is 38.5 Å². The van der Waals surface area contributed by atoms with Gasteiger partial charge in [-0.05, 0) is 44.7 Å². The molecule has 1 aliphatic rings. The number of thiophene rings is 1. The largest absolute Gasteiger partial charge is 0.197 e. The van der Waals surface area contributed by atoms with E-state index in [0.717, 1.165) is 12.8 Å². The minimum atomic E-state index is -0.116. The van der Waals surface area contributed by atoms with Crippen molar-refractivity contribution in [3.05, 3.63) is 21.4 Å². The summed E-state index contributed by atoms with van der Waals surface area (Å²) in [6.07, 6.45) is 3.32. The Morgan fingerprint density at radius 2 is 2.15 bits per heavy atom. The van der Waals surface area contributed by atoms with Crippen LogP contribution >= 0.6 is 11.3 Å². The maximum absolute atomic E-state index is 9.18. The zero-order chi connectivity index (χ0) is 9.47. The fourth-order valence-electron chi connectivity index (χ4n) is 2.08. The van der Waals surface area contributed by atoms with Crippen LogP contribution in [0.5, 0.6) is 0 Å². The molecule has 0 spiro atoms. The van der Waals surface area contributed by atoms with Crippen molar-refractivity contribution >= 4 is 11.3 Å². The lowest BCUT2D eigenvalue weighted by molar-refractivity contribution is 0.324. The zero-order valence-corrected chi connectivity index (χ0v) is 8.87. The summed E-state index contributed by atoms with van der Waals surface area (Å²) >= 11 is 1.81. The third-order valence-electron chi connectivity index (χ3n) is 2.98. The second-order valence-electron chi connectivity index (χ2n) is 3.87. The van der Waals surface area contributed by atoms with E-state index >= 15 is 0 Å². The summed E-state index contributed by atoms with van der Waals surface area (Å²) < 4.78 is 0. The first-order valence-corrected chi connectivity index (χ1v) is 5.48. The van der Waals surface area contributed by atoms with Gasteiger partial charge in [0.15, 0.2) is 0 Å². The molecule has 2 heteroatoms. The lowest BCUT2D eigenvalue weighted by Crippen LogP contribution is -2.32. The molecule has 1 fully saturated rings.